The Morgan fingerprint density at radius 2 is 1.90 bits per heavy atom. The van der Waals surface area contributed by atoms with Crippen LogP contribution in [0.25, 0.3) is 22.0 Å². The molecule has 0 radical (unpaired) electrons. The molecule has 1 unspecified atom stereocenters. The molecule has 1 aromatic heterocycles. The summed E-state index contributed by atoms with van der Waals surface area (Å²) in [5, 5.41) is 1.17. The standard InChI is InChI=1S/C26H28N2O3/c1-18-25(9-6-20-3-2-12-27-26(18)20)19-4-7-22(8-5-19)31-23-10-13-28(14-11-23)21-15-24(16-29)30-17-21/h2-9,12,16,21,23-24H,10-11,13-15,17H2,1H3/t21?,24-/m1/s1. The van der Waals surface area contributed by atoms with Crippen molar-refractivity contribution in [3.63, 3.8) is 0 Å². The summed E-state index contributed by atoms with van der Waals surface area (Å²) >= 11 is 0. The predicted octanol–water partition coefficient (Wildman–Crippen LogP) is 4.41. The second-order valence-corrected chi connectivity index (χ2v) is 8.59. The minimum Gasteiger partial charge on any atom is -0.490 e. The summed E-state index contributed by atoms with van der Waals surface area (Å²) in [5.74, 6) is 0.920. The molecular formula is C26H28N2O3. The lowest BCUT2D eigenvalue weighted by Gasteiger charge is -2.35. The maximum absolute atomic E-state index is 10.9. The number of pyridine rings is 1. The first-order chi connectivity index (χ1) is 15.2. The van der Waals surface area contributed by atoms with Crippen LogP contribution in [0.1, 0.15) is 24.8 Å². The summed E-state index contributed by atoms with van der Waals surface area (Å²) in [5.41, 5.74) is 4.64. The Hall–Kier alpha value is -2.76. The Morgan fingerprint density at radius 3 is 2.65 bits per heavy atom. The molecule has 2 aliphatic heterocycles. The van der Waals surface area contributed by atoms with Crippen molar-refractivity contribution in [1.82, 2.24) is 9.88 Å². The van der Waals surface area contributed by atoms with Crippen molar-refractivity contribution in [1.29, 1.82) is 0 Å². The van der Waals surface area contributed by atoms with Gasteiger partial charge in [-0.2, -0.15) is 0 Å². The fourth-order valence-electron chi connectivity index (χ4n) is 4.86. The normalized spacial score (nSPS) is 22.6. The van der Waals surface area contributed by atoms with Gasteiger partial charge in [0.1, 0.15) is 24.2 Å². The molecule has 2 fully saturated rings. The van der Waals surface area contributed by atoms with Crippen LogP contribution in [0.5, 0.6) is 5.75 Å². The van der Waals surface area contributed by atoms with Crippen molar-refractivity contribution in [3.8, 4) is 16.9 Å². The zero-order valence-electron chi connectivity index (χ0n) is 17.9. The fraction of sp³-hybridized carbons (Fsp3) is 0.385. The van der Waals surface area contributed by atoms with Gasteiger partial charge in [0, 0.05) is 30.7 Å². The van der Waals surface area contributed by atoms with E-state index in [0.717, 1.165) is 49.9 Å². The van der Waals surface area contributed by atoms with E-state index >= 15 is 0 Å². The highest BCUT2D eigenvalue weighted by molar-refractivity contribution is 5.88. The molecule has 31 heavy (non-hydrogen) atoms. The molecule has 160 valence electrons. The van der Waals surface area contributed by atoms with Crippen molar-refractivity contribution in [2.45, 2.75) is 44.4 Å². The first-order valence-electron chi connectivity index (χ1n) is 11.1. The largest absolute Gasteiger partial charge is 0.490 e. The fourth-order valence-corrected chi connectivity index (χ4v) is 4.86. The molecule has 2 atom stereocenters. The number of carbonyl (C=O) groups is 1. The van der Waals surface area contributed by atoms with E-state index in [-0.39, 0.29) is 12.2 Å². The van der Waals surface area contributed by atoms with Crippen molar-refractivity contribution in [2.75, 3.05) is 19.7 Å². The van der Waals surface area contributed by atoms with E-state index < -0.39 is 0 Å². The number of ether oxygens (including phenoxy) is 2. The van der Waals surface area contributed by atoms with E-state index in [0.29, 0.717) is 12.6 Å². The zero-order chi connectivity index (χ0) is 21.2. The van der Waals surface area contributed by atoms with Gasteiger partial charge < -0.3 is 14.3 Å². The third kappa shape index (κ3) is 4.21. The van der Waals surface area contributed by atoms with E-state index in [2.05, 4.69) is 59.3 Å². The second kappa shape index (κ2) is 8.77. The minimum atomic E-state index is -0.223. The molecule has 0 N–H and O–H groups in total. The van der Waals surface area contributed by atoms with Crippen LogP contribution in [0.4, 0.5) is 0 Å². The lowest BCUT2D eigenvalue weighted by molar-refractivity contribution is -0.115. The summed E-state index contributed by atoms with van der Waals surface area (Å²) in [6.07, 6.45) is 5.61. The van der Waals surface area contributed by atoms with Crippen LogP contribution in [0, 0.1) is 6.92 Å². The topological polar surface area (TPSA) is 51.7 Å². The van der Waals surface area contributed by atoms with Gasteiger partial charge in [-0.05, 0) is 61.1 Å². The molecule has 0 bridgehead atoms. The summed E-state index contributed by atoms with van der Waals surface area (Å²) in [6, 6.07) is 17.2. The summed E-state index contributed by atoms with van der Waals surface area (Å²) in [4.78, 5) is 17.9. The number of nitrogens with zero attached hydrogens (tertiary/aromatic N) is 2. The van der Waals surface area contributed by atoms with Crippen LogP contribution in [0.15, 0.2) is 54.7 Å². The SMILES string of the molecule is Cc1c(-c2ccc(OC3CCN(C4CO[C@@H](C=O)C4)CC3)cc2)ccc2cccnc12. The lowest BCUT2D eigenvalue weighted by atomic mass is 9.98. The van der Waals surface area contributed by atoms with Gasteiger partial charge in [-0.15, -0.1) is 0 Å². The molecule has 3 aromatic rings. The number of fused-ring (bicyclic) bond motifs is 1. The maximum Gasteiger partial charge on any atom is 0.148 e. The number of hydrogen-bond acceptors (Lipinski definition) is 5. The number of aromatic nitrogens is 1. The minimum absolute atomic E-state index is 0.223. The maximum atomic E-state index is 10.9. The number of likely N-dealkylation sites (tertiary alicyclic amines) is 1. The van der Waals surface area contributed by atoms with Crippen LogP contribution in [-0.4, -0.2) is 54.1 Å². The molecule has 0 aliphatic carbocycles. The highest BCUT2D eigenvalue weighted by Crippen LogP contribution is 2.30. The highest BCUT2D eigenvalue weighted by Gasteiger charge is 2.32. The van der Waals surface area contributed by atoms with E-state index in [1.165, 1.54) is 22.1 Å². The van der Waals surface area contributed by atoms with Gasteiger partial charge in [0.25, 0.3) is 0 Å². The molecular weight excluding hydrogens is 388 g/mol. The molecule has 5 heteroatoms. The van der Waals surface area contributed by atoms with Gasteiger partial charge in [0.15, 0.2) is 0 Å². The predicted molar refractivity (Wildman–Crippen MR) is 121 cm³/mol. The van der Waals surface area contributed by atoms with Crippen molar-refractivity contribution in [3.05, 3.63) is 60.3 Å². The average molecular weight is 417 g/mol. The quantitative estimate of drug-likeness (QED) is 0.577. The second-order valence-electron chi connectivity index (χ2n) is 8.59. The molecule has 2 aromatic carbocycles. The molecule has 2 saturated heterocycles. The first-order valence-corrected chi connectivity index (χ1v) is 11.1. The number of aldehydes is 1. The third-order valence-corrected chi connectivity index (χ3v) is 6.65. The Balaban J connectivity index is 1.21. The van der Waals surface area contributed by atoms with Crippen LogP contribution in [0.3, 0.4) is 0 Å². The summed E-state index contributed by atoms with van der Waals surface area (Å²) in [7, 11) is 0. The number of carbonyl (C=O) groups excluding carboxylic acids is 1. The Kier molecular flexibility index (Phi) is 5.70. The van der Waals surface area contributed by atoms with E-state index in [1.54, 1.807) is 0 Å². The smallest absolute Gasteiger partial charge is 0.148 e. The van der Waals surface area contributed by atoms with E-state index in [4.69, 9.17) is 9.47 Å². The van der Waals surface area contributed by atoms with Crippen LogP contribution < -0.4 is 4.74 Å². The monoisotopic (exact) mass is 416 g/mol. The van der Waals surface area contributed by atoms with E-state index in [9.17, 15) is 4.79 Å². The molecule has 5 rings (SSSR count). The van der Waals surface area contributed by atoms with Crippen LogP contribution in [0.2, 0.25) is 0 Å². The molecule has 0 amide bonds. The molecule has 2 aliphatic rings. The summed E-state index contributed by atoms with van der Waals surface area (Å²) < 4.78 is 11.8. The molecule has 3 heterocycles. The third-order valence-electron chi connectivity index (χ3n) is 6.65. The van der Waals surface area contributed by atoms with Gasteiger partial charge in [0.05, 0.1) is 12.1 Å². The van der Waals surface area contributed by atoms with E-state index in [1.807, 2.05) is 12.3 Å². The molecule has 0 saturated carbocycles. The number of hydrogen-bond donors (Lipinski definition) is 0. The Bertz CT molecular complexity index is 1060. The molecule has 5 nitrogen and oxygen atoms in total. The van der Waals surface area contributed by atoms with Gasteiger partial charge in [-0.25, -0.2) is 0 Å². The zero-order valence-corrected chi connectivity index (χ0v) is 17.9. The first kappa shape index (κ1) is 20.2. The van der Waals surface area contributed by atoms with Gasteiger partial charge in [-0.1, -0.05) is 30.3 Å². The van der Waals surface area contributed by atoms with Crippen LogP contribution in [-0.2, 0) is 9.53 Å². The van der Waals surface area contributed by atoms with Gasteiger partial charge >= 0.3 is 0 Å². The van der Waals surface area contributed by atoms with Crippen LogP contribution >= 0.6 is 0 Å². The number of rotatable bonds is 5. The highest BCUT2D eigenvalue weighted by atomic mass is 16.5. The molecule has 0 spiro atoms. The number of piperidine rings is 1. The average Bonchev–Trinajstić information content (AvgIpc) is 3.30. The lowest BCUT2D eigenvalue weighted by Crippen LogP contribution is -2.44. The number of benzene rings is 2. The summed E-state index contributed by atoms with van der Waals surface area (Å²) in [6.45, 7) is 4.78. The van der Waals surface area contributed by atoms with Crippen molar-refractivity contribution >= 4 is 17.2 Å². The number of aryl methyl sites for hydroxylation is 1. The van der Waals surface area contributed by atoms with Crippen molar-refractivity contribution < 1.29 is 14.3 Å². The van der Waals surface area contributed by atoms with Gasteiger partial charge in [-0.3, -0.25) is 9.88 Å². The Labute approximate surface area is 183 Å². The van der Waals surface area contributed by atoms with Crippen molar-refractivity contribution in [2.24, 2.45) is 0 Å². The van der Waals surface area contributed by atoms with Gasteiger partial charge in [0.2, 0.25) is 0 Å². The Morgan fingerprint density at radius 1 is 1.10 bits per heavy atom.